The number of halogens is 1. The van der Waals surface area contributed by atoms with Crippen molar-refractivity contribution in [2.45, 2.75) is 77.3 Å². The average Bonchev–Trinajstić information content (AvgIpc) is 3.25. The molecule has 2 aliphatic rings. The molecule has 1 atom stereocenters. The molecule has 0 bridgehead atoms. The molecular formula is C30H39ClN4O4. The molecule has 210 valence electrons. The highest BCUT2D eigenvalue weighted by atomic mass is 35.5. The molecule has 1 saturated heterocycles. The quantitative estimate of drug-likeness (QED) is 0.280. The summed E-state index contributed by atoms with van der Waals surface area (Å²) < 4.78 is 5.97. The van der Waals surface area contributed by atoms with Crippen molar-refractivity contribution in [3.63, 3.8) is 0 Å². The van der Waals surface area contributed by atoms with Gasteiger partial charge in [-0.1, -0.05) is 68.8 Å². The van der Waals surface area contributed by atoms with E-state index in [0.29, 0.717) is 42.0 Å². The van der Waals surface area contributed by atoms with Crippen LogP contribution >= 0.6 is 11.6 Å². The number of aliphatic imine (C=N–C) groups is 1. The van der Waals surface area contributed by atoms with Gasteiger partial charge in [-0.2, -0.15) is 0 Å². The molecule has 9 heteroatoms. The number of nitrogens with one attached hydrogen (secondary N) is 1. The van der Waals surface area contributed by atoms with E-state index in [1.165, 1.54) is 12.8 Å². The minimum atomic E-state index is -0.645. The van der Waals surface area contributed by atoms with Gasteiger partial charge in [-0.25, -0.2) is 4.99 Å². The molecule has 8 nitrogen and oxygen atoms in total. The summed E-state index contributed by atoms with van der Waals surface area (Å²) in [5, 5.41) is 12.7. The molecule has 0 aliphatic carbocycles. The number of rotatable bonds is 15. The first-order chi connectivity index (χ1) is 19.0. The number of guanidine groups is 1. The number of hydrogen-bond acceptors (Lipinski definition) is 6. The van der Waals surface area contributed by atoms with Gasteiger partial charge in [0.25, 0.3) is 5.91 Å². The molecule has 2 N–H and O–H groups in total. The highest BCUT2D eigenvalue weighted by Gasteiger charge is 2.39. The number of benzene rings is 2. The standard InChI is InChI=1S/C30H39ClN4O4/c1-2-3-4-11-16-34(23-13-8-7-9-14-23)27(37)15-10-5-6-12-17-39-24-18-22-20-35-26(21-36)29(38)33-30(35)32-28(22)25(31)19-24/h7-9,13-14,18-19,26,36H,2-6,10-12,15-17,20-21H2,1H3,(H,32,33,38). The number of para-hydroxylation sites is 1. The summed E-state index contributed by atoms with van der Waals surface area (Å²) >= 11 is 6.47. The third kappa shape index (κ3) is 7.51. The zero-order valence-corrected chi connectivity index (χ0v) is 23.5. The van der Waals surface area contributed by atoms with E-state index in [0.717, 1.165) is 56.3 Å². The van der Waals surface area contributed by atoms with Gasteiger partial charge in [0.2, 0.25) is 11.9 Å². The van der Waals surface area contributed by atoms with Crippen molar-refractivity contribution >= 4 is 40.7 Å². The number of unbranched alkanes of at least 4 members (excludes halogenated alkanes) is 6. The minimum absolute atomic E-state index is 0.196. The fraction of sp³-hybridized carbons (Fsp3) is 0.500. The third-order valence-electron chi connectivity index (χ3n) is 7.19. The van der Waals surface area contributed by atoms with Crippen molar-refractivity contribution in [3.05, 3.63) is 53.1 Å². The largest absolute Gasteiger partial charge is 0.494 e. The Morgan fingerprint density at radius 3 is 2.67 bits per heavy atom. The van der Waals surface area contributed by atoms with E-state index < -0.39 is 6.04 Å². The van der Waals surface area contributed by atoms with Gasteiger partial charge in [0.05, 0.1) is 23.9 Å². The van der Waals surface area contributed by atoms with Crippen molar-refractivity contribution in [2.24, 2.45) is 4.99 Å². The number of nitrogens with zero attached hydrogens (tertiary/aromatic N) is 3. The van der Waals surface area contributed by atoms with Crippen molar-refractivity contribution < 1.29 is 19.4 Å². The predicted octanol–water partition coefficient (Wildman–Crippen LogP) is 5.58. The Kier molecular flexibility index (Phi) is 10.6. The predicted molar refractivity (Wildman–Crippen MR) is 155 cm³/mol. The van der Waals surface area contributed by atoms with Crippen molar-refractivity contribution in [1.29, 1.82) is 0 Å². The fourth-order valence-corrected chi connectivity index (χ4v) is 5.29. The maximum atomic E-state index is 13.0. The van der Waals surface area contributed by atoms with Gasteiger partial charge in [0, 0.05) is 36.8 Å². The summed E-state index contributed by atoms with van der Waals surface area (Å²) in [5.41, 5.74) is 2.46. The Hall–Kier alpha value is -3.10. The zero-order valence-electron chi connectivity index (χ0n) is 22.7. The lowest BCUT2D eigenvalue weighted by atomic mass is 10.1. The van der Waals surface area contributed by atoms with E-state index in [9.17, 15) is 14.7 Å². The van der Waals surface area contributed by atoms with Crippen LogP contribution in [0.4, 0.5) is 11.4 Å². The fourth-order valence-electron chi connectivity index (χ4n) is 5.02. The van der Waals surface area contributed by atoms with Crippen molar-refractivity contribution in [2.75, 3.05) is 24.7 Å². The number of fused-ring (bicyclic) bond motifs is 2. The highest BCUT2D eigenvalue weighted by Crippen LogP contribution is 2.38. The molecule has 2 aliphatic heterocycles. The maximum absolute atomic E-state index is 13.0. The molecule has 2 aromatic rings. The van der Waals surface area contributed by atoms with E-state index in [1.807, 2.05) is 41.3 Å². The topological polar surface area (TPSA) is 94.5 Å². The van der Waals surface area contributed by atoms with Crippen LogP contribution in [0.5, 0.6) is 5.75 Å². The summed E-state index contributed by atoms with van der Waals surface area (Å²) in [6, 6.07) is 13.0. The third-order valence-corrected chi connectivity index (χ3v) is 7.48. The van der Waals surface area contributed by atoms with E-state index >= 15 is 0 Å². The van der Waals surface area contributed by atoms with Crippen LogP contribution in [-0.4, -0.2) is 53.6 Å². The Balaban J connectivity index is 1.19. The number of ether oxygens (including phenoxy) is 1. The van der Waals surface area contributed by atoms with Crippen LogP contribution in [-0.2, 0) is 16.1 Å². The molecule has 1 unspecified atom stereocenters. The van der Waals surface area contributed by atoms with Gasteiger partial charge in [-0.15, -0.1) is 0 Å². The Labute approximate surface area is 236 Å². The van der Waals surface area contributed by atoms with E-state index in [4.69, 9.17) is 16.3 Å². The average molecular weight is 555 g/mol. The van der Waals surface area contributed by atoms with Gasteiger partial charge in [-0.05, 0) is 37.5 Å². The second kappa shape index (κ2) is 14.3. The normalized spacial score (nSPS) is 15.9. The number of carbonyl (C=O) groups is 2. The first-order valence-electron chi connectivity index (χ1n) is 14.1. The van der Waals surface area contributed by atoms with Crippen LogP contribution in [0.25, 0.3) is 0 Å². The van der Waals surface area contributed by atoms with Crippen LogP contribution in [0.3, 0.4) is 0 Å². The van der Waals surface area contributed by atoms with Gasteiger partial charge in [0.15, 0.2) is 0 Å². The summed E-state index contributed by atoms with van der Waals surface area (Å²) in [6.07, 6.45) is 8.79. The van der Waals surface area contributed by atoms with Gasteiger partial charge in [-0.3, -0.25) is 14.9 Å². The van der Waals surface area contributed by atoms with Crippen molar-refractivity contribution in [1.82, 2.24) is 10.2 Å². The summed E-state index contributed by atoms with van der Waals surface area (Å²) in [4.78, 5) is 33.2. The van der Waals surface area contributed by atoms with Gasteiger partial charge >= 0.3 is 0 Å². The molecule has 4 rings (SSSR count). The second-order valence-electron chi connectivity index (χ2n) is 10.1. The van der Waals surface area contributed by atoms with Crippen molar-refractivity contribution in [3.8, 4) is 5.75 Å². The molecule has 0 spiro atoms. The zero-order chi connectivity index (χ0) is 27.6. The molecule has 2 amide bonds. The lowest BCUT2D eigenvalue weighted by Gasteiger charge is -2.27. The molecular weight excluding hydrogens is 516 g/mol. The number of carbonyl (C=O) groups excluding carboxylic acids is 2. The lowest BCUT2D eigenvalue weighted by molar-refractivity contribution is -0.122. The molecule has 2 aromatic carbocycles. The summed E-state index contributed by atoms with van der Waals surface area (Å²) in [7, 11) is 0. The molecule has 0 saturated carbocycles. The van der Waals surface area contributed by atoms with E-state index in [-0.39, 0.29) is 18.4 Å². The van der Waals surface area contributed by atoms with E-state index in [2.05, 4.69) is 17.2 Å². The molecule has 0 aromatic heterocycles. The smallest absolute Gasteiger partial charge is 0.251 e. The molecule has 1 fully saturated rings. The Morgan fingerprint density at radius 2 is 1.90 bits per heavy atom. The number of hydrogen-bond donors (Lipinski definition) is 2. The first kappa shape index (κ1) is 28.9. The van der Waals surface area contributed by atoms with Gasteiger partial charge in [0.1, 0.15) is 11.8 Å². The Morgan fingerprint density at radius 1 is 1.13 bits per heavy atom. The number of aliphatic hydroxyl groups excluding tert-OH is 1. The number of anilines is 1. The van der Waals surface area contributed by atoms with Gasteiger partial charge < -0.3 is 19.6 Å². The van der Waals surface area contributed by atoms with Crippen LogP contribution < -0.4 is 15.0 Å². The first-order valence-corrected chi connectivity index (χ1v) is 14.5. The van der Waals surface area contributed by atoms with E-state index in [1.54, 1.807) is 11.0 Å². The Bertz CT molecular complexity index is 1160. The lowest BCUT2D eigenvalue weighted by Crippen LogP contribution is -2.39. The molecule has 39 heavy (non-hydrogen) atoms. The molecule has 2 heterocycles. The van der Waals surface area contributed by atoms with Crippen LogP contribution in [0, 0.1) is 0 Å². The number of amides is 2. The molecule has 0 radical (unpaired) electrons. The summed E-state index contributed by atoms with van der Waals surface area (Å²) in [6.45, 7) is 3.66. The SMILES string of the molecule is CCCCCCN(C(=O)CCCCCCOc1cc(Cl)c2c(c1)CN1C(=N2)NC(=O)C1CO)c1ccccc1. The maximum Gasteiger partial charge on any atom is 0.251 e. The minimum Gasteiger partial charge on any atom is -0.494 e. The summed E-state index contributed by atoms with van der Waals surface area (Å²) in [5.74, 6) is 1.01. The van der Waals surface area contributed by atoms with Crippen LogP contribution in [0.15, 0.2) is 47.5 Å². The number of aliphatic hydroxyl groups is 1. The second-order valence-corrected chi connectivity index (χ2v) is 10.5. The van der Waals surface area contributed by atoms with Crippen LogP contribution in [0.1, 0.15) is 70.3 Å². The highest BCUT2D eigenvalue weighted by molar-refractivity contribution is 6.33. The van der Waals surface area contributed by atoms with Crippen LogP contribution in [0.2, 0.25) is 5.02 Å². The monoisotopic (exact) mass is 554 g/mol.